The second-order valence-electron chi connectivity index (χ2n) is 2.79. The molecule has 0 bridgehead atoms. The van der Waals surface area contributed by atoms with Crippen LogP contribution in [0.4, 0.5) is 0 Å². The highest BCUT2D eigenvalue weighted by Crippen LogP contribution is 2.30. The van der Waals surface area contributed by atoms with E-state index in [0.29, 0.717) is 12.1 Å². The first-order valence-electron chi connectivity index (χ1n) is 3.62. The molecular formula is C9H11NO2. The molecule has 0 aromatic rings. The van der Waals surface area contributed by atoms with Crippen LogP contribution in [0.25, 0.3) is 0 Å². The van der Waals surface area contributed by atoms with E-state index in [4.69, 9.17) is 10.8 Å². The van der Waals surface area contributed by atoms with Crippen molar-refractivity contribution in [3.05, 3.63) is 36.6 Å². The topological polar surface area (TPSA) is 63.3 Å². The lowest BCUT2D eigenvalue weighted by atomic mass is 9.81. The summed E-state index contributed by atoms with van der Waals surface area (Å²) < 4.78 is 0. The third kappa shape index (κ3) is 1.25. The Labute approximate surface area is 70.9 Å². The van der Waals surface area contributed by atoms with Crippen LogP contribution in [0.5, 0.6) is 0 Å². The predicted octanol–water partition coefficient (Wildman–Crippen LogP) is 1.05. The molecule has 0 fully saturated rings. The van der Waals surface area contributed by atoms with Crippen LogP contribution in [0.3, 0.4) is 0 Å². The van der Waals surface area contributed by atoms with Gasteiger partial charge >= 0.3 is 5.97 Å². The monoisotopic (exact) mass is 165 g/mol. The van der Waals surface area contributed by atoms with Crippen LogP contribution >= 0.6 is 0 Å². The molecular weight excluding hydrogens is 154 g/mol. The van der Waals surface area contributed by atoms with Crippen LogP contribution in [0.2, 0.25) is 0 Å². The number of carboxylic acid groups (broad SMARTS) is 1. The predicted molar refractivity (Wildman–Crippen MR) is 46.3 cm³/mol. The zero-order chi connectivity index (χ0) is 9.19. The van der Waals surface area contributed by atoms with Gasteiger partial charge in [-0.15, -0.1) is 6.58 Å². The Morgan fingerprint density at radius 1 is 1.83 bits per heavy atom. The highest BCUT2D eigenvalue weighted by Gasteiger charge is 2.32. The minimum Gasteiger partial charge on any atom is -0.480 e. The number of hydrogen-bond donors (Lipinski definition) is 2. The molecule has 1 rings (SSSR count). The molecule has 0 saturated heterocycles. The zero-order valence-electron chi connectivity index (χ0n) is 6.66. The first kappa shape index (κ1) is 8.59. The van der Waals surface area contributed by atoms with Gasteiger partial charge in [0.05, 0.1) is 0 Å². The van der Waals surface area contributed by atoms with E-state index in [0.717, 1.165) is 0 Å². The average Bonchev–Trinajstić information content (AvgIpc) is 2.06. The fraction of sp³-hybridized carbons (Fsp3) is 0.222. The summed E-state index contributed by atoms with van der Waals surface area (Å²) in [7, 11) is 0. The van der Waals surface area contributed by atoms with E-state index in [1.807, 2.05) is 0 Å². The van der Waals surface area contributed by atoms with Crippen molar-refractivity contribution in [2.24, 2.45) is 11.1 Å². The number of carbonyl (C=O) groups is 1. The quantitative estimate of drug-likeness (QED) is 0.601. The molecule has 0 aromatic heterocycles. The van der Waals surface area contributed by atoms with Gasteiger partial charge in [-0.3, -0.25) is 4.79 Å². The summed E-state index contributed by atoms with van der Waals surface area (Å²) in [4.78, 5) is 10.8. The fourth-order valence-electron chi connectivity index (χ4n) is 1.07. The molecule has 0 amide bonds. The van der Waals surface area contributed by atoms with Gasteiger partial charge in [-0.05, 0) is 12.5 Å². The largest absolute Gasteiger partial charge is 0.480 e. The summed E-state index contributed by atoms with van der Waals surface area (Å²) in [5.74, 6) is -0.891. The van der Waals surface area contributed by atoms with Crippen LogP contribution in [0.15, 0.2) is 36.6 Å². The van der Waals surface area contributed by atoms with E-state index in [9.17, 15) is 4.79 Å². The van der Waals surface area contributed by atoms with E-state index in [-0.39, 0.29) is 0 Å². The molecule has 1 aliphatic carbocycles. The van der Waals surface area contributed by atoms with E-state index >= 15 is 0 Å². The molecule has 0 spiro atoms. The molecule has 3 heteroatoms. The number of hydrogen-bond acceptors (Lipinski definition) is 2. The third-order valence-corrected chi connectivity index (χ3v) is 2.01. The van der Waals surface area contributed by atoms with Crippen molar-refractivity contribution in [1.82, 2.24) is 0 Å². The Kier molecular flexibility index (Phi) is 2.04. The zero-order valence-corrected chi connectivity index (χ0v) is 6.66. The molecule has 0 radical (unpaired) electrons. The van der Waals surface area contributed by atoms with Gasteiger partial charge in [0.25, 0.3) is 0 Å². The van der Waals surface area contributed by atoms with Gasteiger partial charge in [-0.25, -0.2) is 0 Å². The van der Waals surface area contributed by atoms with Crippen molar-refractivity contribution < 1.29 is 9.90 Å². The summed E-state index contributed by atoms with van der Waals surface area (Å²) in [6.07, 6.45) is 6.66. The van der Waals surface area contributed by atoms with Crippen molar-refractivity contribution in [1.29, 1.82) is 0 Å². The van der Waals surface area contributed by atoms with Gasteiger partial charge in [0.15, 0.2) is 0 Å². The van der Waals surface area contributed by atoms with Crippen LogP contribution in [0, 0.1) is 5.41 Å². The van der Waals surface area contributed by atoms with Crippen LogP contribution < -0.4 is 5.73 Å². The van der Waals surface area contributed by atoms with Gasteiger partial charge in [-0.1, -0.05) is 18.2 Å². The molecule has 3 nitrogen and oxygen atoms in total. The second kappa shape index (κ2) is 2.85. The Balaban J connectivity index is 2.95. The van der Waals surface area contributed by atoms with Gasteiger partial charge in [0.2, 0.25) is 0 Å². The van der Waals surface area contributed by atoms with Crippen molar-refractivity contribution in [3.63, 3.8) is 0 Å². The molecule has 64 valence electrons. The minimum atomic E-state index is -0.955. The first-order valence-corrected chi connectivity index (χ1v) is 3.62. The summed E-state index contributed by atoms with van der Waals surface area (Å²) in [5, 5.41) is 8.88. The molecule has 0 aromatic carbocycles. The van der Waals surface area contributed by atoms with Gasteiger partial charge < -0.3 is 10.8 Å². The van der Waals surface area contributed by atoms with Crippen molar-refractivity contribution in [2.45, 2.75) is 6.42 Å². The Morgan fingerprint density at radius 2 is 2.50 bits per heavy atom. The molecule has 3 N–H and O–H groups in total. The smallest absolute Gasteiger partial charge is 0.317 e. The lowest BCUT2D eigenvalue weighted by Crippen LogP contribution is -2.27. The minimum absolute atomic E-state index is 0.383. The maximum Gasteiger partial charge on any atom is 0.317 e. The Morgan fingerprint density at radius 3 is 2.83 bits per heavy atom. The fourth-order valence-corrected chi connectivity index (χ4v) is 1.07. The van der Waals surface area contributed by atoms with E-state index in [1.54, 1.807) is 18.2 Å². The molecule has 0 heterocycles. The van der Waals surface area contributed by atoms with Crippen LogP contribution in [-0.4, -0.2) is 11.1 Å². The Bertz CT molecular complexity index is 278. The van der Waals surface area contributed by atoms with E-state index in [2.05, 4.69) is 6.58 Å². The Hall–Kier alpha value is -1.51. The maximum absolute atomic E-state index is 10.8. The lowest BCUT2D eigenvalue weighted by Gasteiger charge is -2.22. The summed E-state index contributed by atoms with van der Waals surface area (Å²) in [6.45, 7) is 3.50. The molecule has 1 unspecified atom stereocenters. The van der Waals surface area contributed by atoms with Crippen molar-refractivity contribution in [2.75, 3.05) is 0 Å². The standard InChI is InChI=1S/C9H11NO2/c1-2-9(8(11)12)5-3-7(10)4-6-9/h2-5H,1,6,10H2,(H,11,12). The number of allylic oxidation sites excluding steroid dienone is 2. The van der Waals surface area contributed by atoms with Gasteiger partial charge in [-0.2, -0.15) is 0 Å². The van der Waals surface area contributed by atoms with Gasteiger partial charge in [0, 0.05) is 5.70 Å². The van der Waals surface area contributed by atoms with E-state index < -0.39 is 11.4 Å². The number of carboxylic acids is 1. The first-order chi connectivity index (χ1) is 5.60. The second-order valence-corrected chi connectivity index (χ2v) is 2.79. The van der Waals surface area contributed by atoms with Crippen molar-refractivity contribution >= 4 is 5.97 Å². The SMILES string of the molecule is C=CC1(C(=O)O)C=CC(N)=CC1. The molecule has 12 heavy (non-hydrogen) atoms. The van der Waals surface area contributed by atoms with Gasteiger partial charge in [0.1, 0.15) is 5.41 Å². The van der Waals surface area contributed by atoms with Crippen LogP contribution in [-0.2, 0) is 4.79 Å². The van der Waals surface area contributed by atoms with Crippen LogP contribution in [0.1, 0.15) is 6.42 Å². The number of nitrogens with two attached hydrogens (primary N) is 1. The van der Waals surface area contributed by atoms with E-state index in [1.165, 1.54) is 6.08 Å². The molecule has 1 atom stereocenters. The number of rotatable bonds is 2. The number of aliphatic carboxylic acids is 1. The molecule has 0 saturated carbocycles. The summed E-state index contributed by atoms with van der Waals surface area (Å²) in [5.41, 5.74) is 5.11. The van der Waals surface area contributed by atoms with Crippen molar-refractivity contribution in [3.8, 4) is 0 Å². The summed E-state index contributed by atoms with van der Waals surface area (Å²) in [6, 6.07) is 0. The summed E-state index contributed by atoms with van der Waals surface area (Å²) >= 11 is 0. The normalized spacial score (nSPS) is 27.8. The lowest BCUT2D eigenvalue weighted by molar-refractivity contribution is -0.143. The maximum atomic E-state index is 10.8. The third-order valence-electron chi connectivity index (χ3n) is 2.01. The highest BCUT2D eigenvalue weighted by atomic mass is 16.4. The molecule has 1 aliphatic rings. The highest BCUT2D eigenvalue weighted by molar-refractivity contribution is 5.80. The average molecular weight is 165 g/mol. The molecule has 0 aliphatic heterocycles.